The van der Waals surface area contributed by atoms with Gasteiger partial charge in [0.25, 0.3) is 5.56 Å². The maximum absolute atomic E-state index is 14.0. The Morgan fingerprint density at radius 1 is 0.970 bits per heavy atom. The maximum Gasteiger partial charge on any atom is 0.280 e. The first-order valence-electron chi connectivity index (χ1n) is 10.8. The van der Waals surface area contributed by atoms with Gasteiger partial charge in [0, 0.05) is 5.54 Å². The molecule has 0 aliphatic carbocycles. The molecule has 0 aliphatic heterocycles. The molecule has 1 atom stereocenters. The second-order valence-corrected chi connectivity index (χ2v) is 14.4. The number of hydrogen-bond acceptors (Lipinski definition) is 6. The molecule has 7 nitrogen and oxygen atoms in total. The number of H-pyrrole nitrogens is 1. The molecule has 2 aromatic carbocycles. The Kier molecular flexibility index (Phi) is 5.71. The van der Waals surface area contributed by atoms with E-state index in [1.165, 1.54) is 16.6 Å². The number of nitrogens with zero attached hydrogens (tertiary/aromatic N) is 3. The topological polar surface area (TPSA) is 115 Å². The molecule has 0 unspecified atom stereocenters. The fourth-order valence-corrected chi connectivity index (χ4v) is 11.4. The van der Waals surface area contributed by atoms with Crippen LogP contribution in [0.3, 0.4) is 0 Å². The van der Waals surface area contributed by atoms with Gasteiger partial charge in [0.05, 0.1) is 6.20 Å². The molecule has 0 spiro atoms. The van der Waals surface area contributed by atoms with Crippen molar-refractivity contribution < 1.29 is 4.79 Å². The van der Waals surface area contributed by atoms with Crippen molar-refractivity contribution in [3.05, 3.63) is 82.9 Å². The van der Waals surface area contributed by atoms with Crippen molar-refractivity contribution in [2.24, 2.45) is 0 Å². The zero-order valence-corrected chi connectivity index (χ0v) is 20.2. The lowest BCUT2D eigenvalue weighted by atomic mass is 10.2. The number of rotatable bonds is 5. The number of aromatic amines is 1. The SMILES string of the molecule is C[C@@H](C(=O)c1cnc2nc(N)[nH]c(=O)c2n1)[Si](c1ccccc1)(c1ccccc1)C(C)(C)C. The Balaban J connectivity index is 1.94. The zero-order valence-electron chi connectivity index (χ0n) is 19.2. The molecule has 168 valence electrons. The van der Waals surface area contributed by atoms with Gasteiger partial charge >= 0.3 is 0 Å². The van der Waals surface area contributed by atoms with Gasteiger partial charge in [0.15, 0.2) is 16.9 Å². The van der Waals surface area contributed by atoms with E-state index in [2.05, 4.69) is 65.0 Å². The highest BCUT2D eigenvalue weighted by atomic mass is 28.3. The quantitative estimate of drug-likeness (QED) is 0.352. The van der Waals surface area contributed by atoms with E-state index in [4.69, 9.17) is 5.73 Å². The minimum absolute atomic E-state index is 0.00435. The summed E-state index contributed by atoms with van der Waals surface area (Å²) < 4.78 is 0. The van der Waals surface area contributed by atoms with Crippen LogP contribution in [-0.4, -0.2) is 33.8 Å². The number of benzene rings is 2. The summed E-state index contributed by atoms with van der Waals surface area (Å²) in [6, 6.07) is 20.6. The van der Waals surface area contributed by atoms with Crippen LogP contribution in [0.25, 0.3) is 11.2 Å². The number of nitrogens with one attached hydrogen (secondary N) is 1. The van der Waals surface area contributed by atoms with Gasteiger partial charge in [-0.05, 0) is 5.04 Å². The number of fused-ring (bicyclic) bond motifs is 1. The van der Waals surface area contributed by atoms with Crippen molar-refractivity contribution in [2.45, 2.75) is 38.3 Å². The van der Waals surface area contributed by atoms with Crippen molar-refractivity contribution in [1.29, 1.82) is 0 Å². The third kappa shape index (κ3) is 3.76. The van der Waals surface area contributed by atoms with Gasteiger partial charge in [-0.15, -0.1) is 0 Å². The third-order valence-corrected chi connectivity index (χ3v) is 12.8. The molecule has 8 heteroatoms. The highest BCUT2D eigenvalue weighted by Crippen LogP contribution is 2.44. The molecule has 3 N–H and O–H groups in total. The predicted octanol–water partition coefficient (Wildman–Crippen LogP) is 2.93. The second-order valence-electron chi connectivity index (χ2n) is 9.25. The van der Waals surface area contributed by atoms with E-state index >= 15 is 0 Å². The van der Waals surface area contributed by atoms with E-state index in [1.807, 2.05) is 43.3 Å². The van der Waals surface area contributed by atoms with Gasteiger partial charge in [-0.3, -0.25) is 14.6 Å². The third-order valence-electron chi connectivity index (χ3n) is 6.37. The number of nitrogen functional groups attached to an aromatic ring is 1. The van der Waals surface area contributed by atoms with Crippen LogP contribution in [0.15, 0.2) is 71.7 Å². The minimum Gasteiger partial charge on any atom is -0.369 e. The normalized spacial score (nSPS) is 13.1. The number of carbonyl (C=O) groups is 1. The van der Waals surface area contributed by atoms with E-state index < -0.39 is 13.6 Å². The van der Waals surface area contributed by atoms with Crippen molar-refractivity contribution in [3.8, 4) is 0 Å². The Labute approximate surface area is 193 Å². The first-order valence-corrected chi connectivity index (χ1v) is 12.9. The molecule has 4 aromatic rings. The van der Waals surface area contributed by atoms with Crippen LogP contribution in [0.5, 0.6) is 0 Å². The summed E-state index contributed by atoms with van der Waals surface area (Å²) in [6.45, 7) is 8.59. The molecule has 0 saturated heterocycles. The first kappa shape index (κ1) is 22.5. The number of hydrogen-bond donors (Lipinski definition) is 2. The summed E-state index contributed by atoms with van der Waals surface area (Å²) in [5.41, 5.74) is 4.99. The molecule has 0 amide bonds. The summed E-state index contributed by atoms with van der Waals surface area (Å²) >= 11 is 0. The van der Waals surface area contributed by atoms with Crippen LogP contribution >= 0.6 is 0 Å². The fourth-order valence-electron chi connectivity index (χ4n) is 5.06. The van der Waals surface area contributed by atoms with Crippen molar-refractivity contribution >= 4 is 41.3 Å². The number of ketones is 1. The molecular formula is C25H27N5O2Si. The summed E-state index contributed by atoms with van der Waals surface area (Å²) in [5.74, 6) is -0.184. The van der Waals surface area contributed by atoms with Gasteiger partial charge < -0.3 is 5.73 Å². The maximum atomic E-state index is 14.0. The van der Waals surface area contributed by atoms with Crippen molar-refractivity contribution in [2.75, 3.05) is 5.73 Å². The monoisotopic (exact) mass is 457 g/mol. The minimum atomic E-state index is -2.73. The van der Waals surface area contributed by atoms with Gasteiger partial charge in [-0.1, -0.05) is 98.7 Å². The fraction of sp³-hybridized carbons (Fsp3) is 0.240. The zero-order chi connectivity index (χ0) is 23.8. The van der Waals surface area contributed by atoms with Crippen LogP contribution in [0.4, 0.5) is 5.95 Å². The van der Waals surface area contributed by atoms with E-state index in [9.17, 15) is 9.59 Å². The van der Waals surface area contributed by atoms with E-state index in [1.54, 1.807) is 0 Å². The smallest absolute Gasteiger partial charge is 0.280 e. The van der Waals surface area contributed by atoms with E-state index in [-0.39, 0.29) is 39.2 Å². The molecule has 0 saturated carbocycles. The van der Waals surface area contributed by atoms with Crippen LogP contribution in [0, 0.1) is 0 Å². The Bertz CT molecular complexity index is 1330. The van der Waals surface area contributed by atoms with E-state index in [0.29, 0.717) is 0 Å². The number of aromatic nitrogens is 4. The van der Waals surface area contributed by atoms with Gasteiger partial charge in [0.2, 0.25) is 5.95 Å². The lowest BCUT2D eigenvalue weighted by molar-refractivity contribution is 0.0980. The Morgan fingerprint density at radius 2 is 1.52 bits per heavy atom. The van der Waals surface area contributed by atoms with Gasteiger partial charge in [-0.25, -0.2) is 9.97 Å². The standard InChI is InChI=1S/C25H27N5O2Si/c1-16(21(31)19-15-27-22-20(28-19)23(32)30-24(26)29-22)33(25(2,3)4,17-11-7-5-8-12-17)18-13-9-6-10-14-18/h5-16H,1-4H3,(H3,26,27,29,30,32)/t16-/m0/s1. The molecule has 0 fully saturated rings. The van der Waals surface area contributed by atoms with Crippen molar-refractivity contribution in [1.82, 2.24) is 19.9 Å². The number of Topliss-reactive ketones (excluding diaryl/α,β-unsaturated/α-hetero) is 1. The van der Waals surface area contributed by atoms with Crippen molar-refractivity contribution in [3.63, 3.8) is 0 Å². The molecule has 2 heterocycles. The Morgan fingerprint density at radius 3 is 2.03 bits per heavy atom. The molecule has 33 heavy (non-hydrogen) atoms. The molecule has 0 bridgehead atoms. The van der Waals surface area contributed by atoms with Crippen LogP contribution in [0.2, 0.25) is 10.6 Å². The summed E-state index contributed by atoms with van der Waals surface area (Å²) in [7, 11) is -2.73. The predicted molar refractivity (Wildman–Crippen MR) is 134 cm³/mol. The summed E-state index contributed by atoms with van der Waals surface area (Å²) in [5, 5.41) is 2.14. The van der Waals surface area contributed by atoms with E-state index in [0.717, 1.165) is 0 Å². The molecule has 0 aliphatic rings. The number of nitrogens with two attached hydrogens (primary N) is 1. The molecule has 4 rings (SSSR count). The number of carbonyl (C=O) groups excluding carboxylic acids is 1. The molecular weight excluding hydrogens is 430 g/mol. The average molecular weight is 458 g/mol. The van der Waals surface area contributed by atoms with Crippen LogP contribution < -0.4 is 21.7 Å². The first-order chi connectivity index (χ1) is 15.7. The Hall–Kier alpha value is -3.65. The largest absolute Gasteiger partial charge is 0.369 e. The lowest BCUT2D eigenvalue weighted by Crippen LogP contribution is -2.68. The van der Waals surface area contributed by atoms with Crippen LogP contribution in [-0.2, 0) is 0 Å². The molecule has 2 aromatic heterocycles. The van der Waals surface area contributed by atoms with Crippen LogP contribution in [0.1, 0.15) is 38.2 Å². The summed E-state index contributed by atoms with van der Waals surface area (Å²) in [4.78, 5) is 41.4. The highest BCUT2D eigenvalue weighted by molar-refractivity contribution is 7.07. The second kappa shape index (κ2) is 8.36. The number of anilines is 1. The highest BCUT2D eigenvalue weighted by Gasteiger charge is 2.54. The summed E-state index contributed by atoms with van der Waals surface area (Å²) in [6.07, 6.45) is 1.39. The van der Waals surface area contributed by atoms with Gasteiger partial charge in [-0.2, -0.15) is 4.98 Å². The average Bonchev–Trinajstić information content (AvgIpc) is 2.79. The lowest BCUT2D eigenvalue weighted by Gasteiger charge is -2.47. The van der Waals surface area contributed by atoms with Gasteiger partial charge in [0.1, 0.15) is 13.8 Å². The molecule has 0 radical (unpaired) electrons.